The number of hydrogen-bond acceptors (Lipinski definition) is 0. The van der Waals surface area contributed by atoms with Crippen molar-refractivity contribution < 1.29 is 0 Å². The summed E-state index contributed by atoms with van der Waals surface area (Å²) in [6.07, 6.45) is 4.16. The minimum absolute atomic E-state index is 0.113. The zero-order valence-electron chi connectivity index (χ0n) is 7.99. The molecule has 0 saturated heterocycles. The van der Waals surface area contributed by atoms with Crippen molar-refractivity contribution in [3.8, 4) is 0 Å². The van der Waals surface area contributed by atoms with E-state index in [2.05, 4.69) is 29.8 Å². The summed E-state index contributed by atoms with van der Waals surface area (Å²) in [4.78, 5) is 0.310. The van der Waals surface area contributed by atoms with Gasteiger partial charge in [0.05, 0.1) is 0 Å². The molecular formula is C9H16BrCl3. The molecule has 0 fully saturated rings. The monoisotopic (exact) mass is 308 g/mol. The molecule has 80 valence electrons. The molecule has 0 N–H and O–H groups in total. The Balaban J connectivity index is 4.23. The Hall–Kier alpha value is 1.35. The summed E-state index contributed by atoms with van der Waals surface area (Å²) in [5.74, 6) is 0.113. The van der Waals surface area contributed by atoms with Crippen LogP contribution in [0.5, 0.6) is 0 Å². The van der Waals surface area contributed by atoms with E-state index in [4.69, 9.17) is 34.8 Å². The van der Waals surface area contributed by atoms with Crippen LogP contribution in [-0.2, 0) is 0 Å². The summed E-state index contributed by atoms with van der Waals surface area (Å²) >= 11 is 21.3. The van der Waals surface area contributed by atoms with E-state index in [0.29, 0.717) is 4.83 Å². The van der Waals surface area contributed by atoms with E-state index >= 15 is 0 Å². The molecule has 0 aliphatic rings. The predicted octanol–water partition coefficient (Wildman–Crippen LogP) is 5.34. The molecule has 0 spiro atoms. The molecule has 4 heteroatoms. The van der Waals surface area contributed by atoms with Gasteiger partial charge in [0.2, 0.25) is 0 Å². The summed E-state index contributed by atoms with van der Waals surface area (Å²) in [5.41, 5.74) is 0. The summed E-state index contributed by atoms with van der Waals surface area (Å²) in [7, 11) is 0. The first-order chi connectivity index (χ1) is 5.93. The van der Waals surface area contributed by atoms with Crippen molar-refractivity contribution in [2.24, 2.45) is 5.92 Å². The van der Waals surface area contributed by atoms with Gasteiger partial charge in [-0.25, -0.2) is 0 Å². The van der Waals surface area contributed by atoms with Crippen LogP contribution in [0.4, 0.5) is 0 Å². The Labute approximate surface area is 104 Å². The molecule has 2 atom stereocenters. The molecule has 0 unspecified atom stereocenters. The fraction of sp³-hybridized carbons (Fsp3) is 1.00. The van der Waals surface area contributed by atoms with Crippen LogP contribution in [0.1, 0.15) is 39.5 Å². The Bertz CT molecular complexity index is 133. The Morgan fingerprint density at radius 3 is 1.85 bits per heavy atom. The van der Waals surface area contributed by atoms with Crippen molar-refractivity contribution in [2.45, 2.75) is 48.2 Å². The number of rotatable bonds is 5. The highest BCUT2D eigenvalue weighted by Crippen LogP contribution is 2.42. The average molecular weight is 310 g/mol. The van der Waals surface area contributed by atoms with Gasteiger partial charge in [0.1, 0.15) is 0 Å². The Morgan fingerprint density at radius 2 is 1.54 bits per heavy atom. The highest BCUT2D eigenvalue weighted by molar-refractivity contribution is 9.09. The molecule has 0 heterocycles. The lowest BCUT2D eigenvalue weighted by molar-refractivity contribution is 0.454. The van der Waals surface area contributed by atoms with E-state index in [1.165, 1.54) is 0 Å². The minimum Gasteiger partial charge on any atom is -0.0886 e. The third-order valence-electron chi connectivity index (χ3n) is 2.02. The van der Waals surface area contributed by atoms with E-state index < -0.39 is 3.79 Å². The van der Waals surface area contributed by atoms with Crippen molar-refractivity contribution in [1.82, 2.24) is 0 Å². The molecule has 0 amide bonds. The number of halogens is 4. The van der Waals surface area contributed by atoms with E-state index in [-0.39, 0.29) is 5.92 Å². The quantitative estimate of drug-likeness (QED) is 0.602. The maximum absolute atomic E-state index is 5.91. The molecule has 0 aromatic heterocycles. The zero-order valence-corrected chi connectivity index (χ0v) is 11.8. The smallest absolute Gasteiger partial charge is 0.0886 e. The van der Waals surface area contributed by atoms with Crippen molar-refractivity contribution in [2.75, 3.05) is 0 Å². The standard InChI is InChI=1S/C9H16BrCl3/c1-3-5-7(9(11,12)13)8(10)6-4-2/h7-8H,3-6H2,1-2H3/t7-,8+/m0/s1. The van der Waals surface area contributed by atoms with Crippen molar-refractivity contribution in [1.29, 1.82) is 0 Å². The van der Waals surface area contributed by atoms with Gasteiger partial charge in [-0.15, -0.1) is 0 Å². The first kappa shape index (κ1) is 14.3. The SMILES string of the molecule is CCC[C@@H](Br)[C@H](CCC)C(Cl)(Cl)Cl. The fourth-order valence-electron chi connectivity index (χ4n) is 1.34. The predicted molar refractivity (Wildman–Crippen MR) is 66.3 cm³/mol. The normalized spacial score (nSPS) is 17.1. The lowest BCUT2D eigenvalue weighted by Crippen LogP contribution is -2.28. The van der Waals surface area contributed by atoms with E-state index in [0.717, 1.165) is 25.7 Å². The van der Waals surface area contributed by atoms with Crippen LogP contribution in [0, 0.1) is 5.92 Å². The molecule has 0 aromatic rings. The van der Waals surface area contributed by atoms with Gasteiger partial charge in [-0.2, -0.15) is 0 Å². The van der Waals surface area contributed by atoms with Crippen LogP contribution in [0.25, 0.3) is 0 Å². The Morgan fingerprint density at radius 1 is 1.08 bits per heavy atom. The van der Waals surface area contributed by atoms with Crippen LogP contribution in [0.3, 0.4) is 0 Å². The van der Waals surface area contributed by atoms with Gasteiger partial charge in [0.25, 0.3) is 0 Å². The van der Waals surface area contributed by atoms with Gasteiger partial charge in [-0.05, 0) is 12.8 Å². The van der Waals surface area contributed by atoms with Gasteiger partial charge < -0.3 is 0 Å². The highest BCUT2D eigenvalue weighted by atomic mass is 79.9. The lowest BCUT2D eigenvalue weighted by atomic mass is 9.98. The summed E-state index contributed by atoms with van der Waals surface area (Å²) in [6.45, 7) is 4.24. The largest absolute Gasteiger partial charge is 0.194 e. The molecule has 0 radical (unpaired) electrons. The molecule has 0 aliphatic carbocycles. The second kappa shape index (κ2) is 6.76. The van der Waals surface area contributed by atoms with Crippen LogP contribution >= 0.6 is 50.7 Å². The third-order valence-corrected chi connectivity index (χ3v) is 3.96. The molecule has 0 rings (SSSR count). The molecule has 13 heavy (non-hydrogen) atoms. The second-order valence-electron chi connectivity index (χ2n) is 3.24. The van der Waals surface area contributed by atoms with E-state index in [1.807, 2.05) is 0 Å². The minimum atomic E-state index is -1.14. The maximum atomic E-state index is 5.91. The molecule has 0 aromatic carbocycles. The highest BCUT2D eigenvalue weighted by Gasteiger charge is 2.36. The average Bonchev–Trinajstić information content (AvgIpc) is 1.98. The lowest BCUT2D eigenvalue weighted by Gasteiger charge is -2.28. The fourth-order valence-corrected chi connectivity index (χ4v) is 3.70. The van der Waals surface area contributed by atoms with Crippen LogP contribution in [0.15, 0.2) is 0 Å². The van der Waals surface area contributed by atoms with Crippen LogP contribution in [0.2, 0.25) is 0 Å². The van der Waals surface area contributed by atoms with E-state index in [1.54, 1.807) is 0 Å². The van der Waals surface area contributed by atoms with Gasteiger partial charge in [-0.1, -0.05) is 77.4 Å². The van der Waals surface area contributed by atoms with Gasteiger partial charge in [0.15, 0.2) is 3.79 Å². The topological polar surface area (TPSA) is 0 Å². The van der Waals surface area contributed by atoms with Crippen molar-refractivity contribution in [3.63, 3.8) is 0 Å². The van der Waals surface area contributed by atoms with Gasteiger partial charge in [-0.3, -0.25) is 0 Å². The molecule has 0 bridgehead atoms. The number of hydrogen-bond donors (Lipinski definition) is 0. The summed E-state index contributed by atoms with van der Waals surface area (Å²) in [6, 6.07) is 0. The maximum Gasteiger partial charge on any atom is 0.194 e. The summed E-state index contributed by atoms with van der Waals surface area (Å²) < 4.78 is -1.14. The molecule has 0 aliphatic heterocycles. The first-order valence-corrected chi connectivity index (χ1v) is 6.69. The number of alkyl halides is 4. The molecule has 0 nitrogen and oxygen atoms in total. The second-order valence-corrected chi connectivity index (χ2v) is 6.79. The molecule has 0 saturated carbocycles. The Kier molecular flexibility index (Phi) is 7.47. The van der Waals surface area contributed by atoms with E-state index in [9.17, 15) is 0 Å². The van der Waals surface area contributed by atoms with Crippen LogP contribution < -0.4 is 0 Å². The summed E-state index contributed by atoms with van der Waals surface area (Å²) in [5, 5.41) is 0. The molecular weight excluding hydrogens is 294 g/mol. The third kappa shape index (κ3) is 5.71. The van der Waals surface area contributed by atoms with Crippen LogP contribution in [-0.4, -0.2) is 8.62 Å². The zero-order chi connectivity index (χ0) is 10.5. The van der Waals surface area contributed by atoms with Crippen molar-refractivity contribution in [3.05, 3.63) is 0 Å². The van der Waals surface area contributed by atoms with Crippen molar-refractivity contribution >= 4 is 50.7 Å². The first-order valence-electron chi connectivity index (χ1n) is 4.64. The van der Waals surface area contributed by atoms with Gasteiger partial charge >= 0.3 is 0 Å². The van der Waals surface area contributed by atoms with Gasteiger partial charge in [0, 0.05) is 10.7 Å².